The molecular weight excluding hydrogens is 310 g/mol. The number of hydrogen-bond acceptors (Lipinski definition) is 3. The van der Waals surface area contributed by atoms with Crippen LogP contribution in [0.5, 0.6) is 0 Å². The largest absolute Gasteiger partial charge is 0.334 e. The molecule has 1 aromatic heterocycles. The average Bonchev–Trinajstić information content (AvgIpc) is 2.40. The summed E-state index contributed by atoms with van der Waals surface area (Å²) in [6.45, 7) is 3.32. The van der Waals surface area contributed by atoms with Gasteiger partial charge in [-0.25, -0.2) is 0 Å². The average molecular weight is 328 g/mol. The quantitative estimate of drug-likeness (QED) is 0.860. The Hall–Kier alpha value is -1.14. The maximum absolute atomic E-state index is 12.5. The Labute approximate surface area is 120 Å². The normalized spacial score (nSPS) is 23.4. The number of hydrogen-bond donors (Lipinski definition) is 2. The molecule has 0 saturated carbocycles. The molecule has 3 N–H and O–H groups in total. The first-order valence-corrected chi connectivity index (χ1v) is 7.23. The van der Waals surface area contributed by atoms with E-state index in [2.05, 4.69) is 27.8 Å². The van der Waals surface area contributed by atoms with E-state index in [0.29, 0.717) is 22.5 Å². The maximum atomic E-state index is 12.5. The van der Waals surface area contributed by atoms with Crippen LogP contribution in [0.25, 0.3) is 0 Å². The van der Waals surface area contributed by atoms with Gasteiger partial charge in [-0.1, -0.05) is 6.92 Å². The van der Waals surface area contributed by atoms with Crippen molar-refractivity contribution in [3.05, 3.63) is 32.7 Å². The number of nitrogens with one attached hydrogen (secondary N) is 1. The highest BCUT2D eigenvalue weighted by Gasteiger charge is 2.31. The fourth-order valence-electron chi connectivity index (χ4n) is 2.61. The van der Waals surface area contributed by atoms with E-state index in [4.69, 9.17) is 5.73 Å². The van der Waals surface area contributed by atoms with Gasteiger partial charge < -0.3 is 15.6 Å². The van der Waals surface area contributed by atoms with E-state index in [0.717, 1.165) is 19.4 Å². The molecule has 0 aromatic carbocycles. The third kappa shape index (κ3) is 2.90. The summed E-state index contributed by atoms with van der Waals surface area (Å²) in [5.74, 6) is 0.341. The van der Waals surface area contributed by atoms with Crippen LogP contribution in [0, 0.1) is 5.92 Å². The van der Waals surface area contributed by atoms with Crippen LogP contribution >= 0.6 is 15.9 Å². The van der Waals surface area contributed by atoms with E-state index in [-0.39, 0.29) is 17.5 Å². The summed E-state index contributed by atoms with van der Waals surface area (Å²) in [7, 11) is 0. The predicted molar refractivity (Wildman–Crippen MR) is 77.0 cm³/mol. The van der Waals surface area contributed by atoms with Gasteiger partial charge in [0.2, 0.25) is 0 Å². The van der Waals surface area contributed by atoms with Crippen LogP contribution < -0.4 is 11.3 Å². The van der Waals surface area contributed by atoms with E-state index >= 15 is 0 Å². The summed E-state index contributed by atoms with van der Waals surface area (Å²) in [6, 6.07) is 1.64. The lowest BCUT2D eigenvalue weighted by Crippen LogP contribution is -2.51. The van der Waals surface area contributed by atoms with Gasteiger partial charge in [-0.15, -0.1) is 0 Å². The molecule has 0 bridgehead atoms. The Bertz CT molecular complexity index is 529. The molecule has 104 valence electrons. The number of pyridine rings is 1. The van der Waals surface area contributed by atoms with Crippen molar-refractivity contribution >= 4 is 21.8 Å². The standard InChI is InChI=1S/C13H18BrN3O2/c1-8-3-2-4-17(11(8)6-15)13(19)9-5-10(14)12(18)16-7-9/h5,7-8,11H,2-4,6,15H2,1H3,(H,16,18). The minimum absolute atomic E-state index is 0.0704. The minimum atomic E-state index is -0.237. The number of aromatic amines is 1. The molecular formula is C13H18BrN3O2. The summed E-state index contributed by atoms with van der Waals surface area (Å²) in [5.41, 5.74) is 6.04. The van der Waals surface area contributed by atoms with Gasteiger partial charge in [0.25, 0.3) is 11.5 Å². The SMILES string of the molecule is CC1CCCN(C(=O)c2c[nH]c(=O)c(Br)c2)C1CN. The molecule has 2 atom stereocenters. The van der Waals surface area contributed by atoms with Crippen molar-refractivity contribution in [3.63, 3.8) is 0 Å². The molecule has 1 fully saturated rings. The van der Waals surface area contributed by atoms with Crippen LogP contribution in [0.1, 0.15) is 30.1 Å². The van der Waals surface area contributed by atoms with E-state index < -0.39 is 0 Å². The van der Waals surface area contributed by atoms with Crippen molar-refractivity contribution in [2.75, 3.05) is 13.1 Å². The Morgan fingerprint density at radius 3 is 3.00 bits per heavy atom. The number of carbonyl (C=O) groups excluding carboxylic acids is 1. The highest BCUT2D eigenvalue weighted by Crippen LogP contribution is 2.24. The lowest BCUT2D eigenvalue weighted by molar-refractivity contribution is 0.0532. The summed E-state index contributed by atoms with van der Waals surface area (Å²) >= 11 is 3.14. The van der Waals surface area contributed by atoms with Crippen molar-refractivity contribution in [3.8, 4) is 0 Å². The molecule has 6 heteroatoms. The first-order valence-electron chi connectivity index (χ1n) is 6.44. The van der Waals surface area contributed by atoms with E-state index in [1.165, 1.54) is 6.20 Å². The second-order valence-corrected chi connectivity index (χ2v) is 5.84. The molecule has 19 heavy (non-hydrogen) atoms. The number of H-pyrrole nitrogens is 1. The van der Waals surface area contributed by atoms with Gasteiger partial charge in [0.15, 0.2) is 0 Å². The van der Waals surface area contributed by atoms with Crippen molar-refractivity contribution in [2.24, 2.45) is 11.7 Å². The first-order chi connectivity index (χ1) is 9.04. The minimum Gasteiger partial charge on any atom is -0.334 e. The third-order valence-electron chi connectivity index (χ3n) is 3.72. The van der Waals surface area contributed by atoms with Crippen LogP contribution in [0.2, 0.25) is 0 Å². The number of aromatic nitrogens is 1. The Morgan fingerprint density at radius 2 is 2.37 bits per heavy atom. The zero-order chi connectivity index (χ0) is 14.0. The highest BCUT2D eigenvalue weighted by molar-refractivity contribution is 9.10. The fraction of sp³-hybridized carbons (Fsp3) is 0.538. The van der Waals surface area contributed by atoms with Crippen LogP contribution in [0.3, 0.4) is 0 Å². The fourth-order valence-corrected chi connectivity index (χ4v) is 2.97. The molecule has 1 aromatic rings. The van der Waals surface area contributed by atoms with Crippen LogP contribution in [-0.4, -0.2) is 34.9 Å². The Balaban J connectivity index is 2.26. The smallest absolute Gasteiger partial charge is 0.262 e. The van der Waals surface area contributed by atoms with E-state index in [9.17, 15) is 9.59 Å². The third-order valence-corrected chi connectivity index (χ3v) is 4.31. The number of nitrogens with two attached hydrogens (primary N) is 1. The molecule has 1 amide bonds. The molecule has 5 nitrogen and oxygen atoms in total. The lowest BCUT2D eigenvalue weighted by Gasteiger charge is -2.39. The number of likely N-dealkylation sites (tertiary alicyclic amines) is 1. The van der Waals surface area contributed by atoms with Gasteiger partial charge in [-0.2, -0.15) is 0 Å². The number of rotatable bonds is 2. The molecule has 0 aliphatic carbocycles. The van der Waals surface area contributed by atoms with Crippen LogP contribution in [0.15, 0.2) is 21.5 Å². The summed E-state index contributed by atoms with van der Waals surface area (Å²) in [5, 5.41) is 0. The second kappa shape index (κ2) is 5.88. The van der Waals surface area contributed by atoms with Gasteiger partial charge in [-0.3, -0.25) is 9.59 Å². The maximum Gasteiger partial charge on any atom is 0.262 e. The van der Waals surface area contributed by atoms with E-state index in [1.807, 2.05) is 4.90 Å². The number of piperidine rings is 1. The van der Waals surface area contributed by atoms with Crippen LogP contribution in [0.4, 0.5) is 0 Å². The molecule has 2 rings (SSSR count). The predicted octanol–water partition coefficient (Wildman–Crippen LogP) is 1.34. The van der Waals surface area contributed by atoms with Gasteiger partial charge in [0, 0.05) is 25.3 Å². The van der Waals surface area contributed by atoms with Crippen molar-refractivity contribution in [1.29, 1.82) is 0 Å². The molecule has 0 radical (unpaired) electrons. The number of carbonyl (C=O) groups is 1. The first kappa shape index (κ1) is 14.3. The van der Waals surface area contributed by atoms with Gasteiger partial charge in [0.1, 0.15) is 0 Å². The Morgan fingerprint density at radius 1 is 1.63 bits per heavy atom. The molecule has 0 spiro atoms. The van der Waals surface area contributed by atoms with Gasteiger partial charge in [0.05, 0.1) is 10.0 Å². The van der Waals surface area contributed by atoms with Crippen LogP contribution in [-0.2, 0) is 0 Å². The lowest BCUT2D eigenvalue weighted by atomic mass is 9.90. The van der Waals surface area contributed by atoms with Gasteiger partial charge in [-0.05, 0) is 40.8 Å². The molecule has 1 aliphatic rings. The van der Waals surface area contributed by atoms with Crippen molar-refractivity contribution in [2.45, 2.75) is 25.8 Å². The molecule has 1 aliphatic heterocycles. The van der Waals surface area contributed by atoms with E-state index in [1.54, 1.807) is 6.07 Å². The number of nitrogens with zero attached hydrogens (tertiary/aromatic N) is 1. The zero-order valence-corrected chi connectivity index (χ0v) is 12.4. The summed E-state index contributed by atoms with van der Waals surface area (Å²) < 4.78 is 0.368. The Kier molecular flexibility index (Phi) is 4.42. The van der Waals surface area contributed by atoms with Crippen molar-refractivity contribution < 1.29 is 4.79 Å². The second-order valence-electron chi connectivity index (χ2n) is 4.99. The monoisotopic (exact) mass is 327 g/mol. The van der Waals surface area contributed by atoms with Crippen molar-refractivity contribution in [1.82, 2.24) is 9.88 Å². The number of amides is 1. The topological polar surface area (TPSA) is 79.2 Å². The van der Waals surface area contributed by atoms with Gasteiger partial charge >= 0.3 is 0 Å². The molecule has 2 unspecified atom stereocenters. The zero-order valence-electron chi connectivity index (χ0n) is 10.9. The number of halogens is 1. The molecule has 1 saturated heterocycles. The highest BCUT2D eigenvalue weighted by atomic mass is 79.9. The summed E-state index contributed by atoms with van der Waals surface area (Å²) in [6.07, 6.45) is 3.55. The molecule has 2 heterocycles. The summed E-state index contributed by atoms with van der Waals surface area (Å²) in [4.78, 5) is 28.2.